The maximum absolute atomic E-state index is 12.1. The molecule has 0 unspecified atom stereocenters. The summed E-state index contributed by atoms with van der Waals surface area (Å²) in [6.45, 7) is 3.52. The van der Waals surface area contributed by atoms with Gasteiger partial charge in [-0.1, -0.05) is 6.07 Å². The van der Waals surface area contributed by atoms with E-state index in [0.717, 1.165) is 5.56 Å². The number of benzene rings is 1. The fourth-order valence-electron chi connectivity index (χ4n) is 2.29. The van der Waals surface area contributed by atoms with Gasteiger partial charge in [-0.2, -0.15) is 0 Å². The zero-order chi connectivity index (χ0) is 17.3. The van der Waals surface area contributed by atoms with Crippen molar-refractivity contribution in [3.05, 3.63) is 75.3 Å². The Hall–Kier alpha value is -3.15. The topological polar surface area (TPSA) is 80.9 Å². The van der Waals surface area contributed by atoms with Gasteiger partial charge in [-0.3, -0.25) is 9.20 Å². The van der Waals surface area contributed by atoms with E-state index in [1.54, 1.807) is 31.3 Å². The first-order valence-corrected chi connectivity index (χ1v) is 7.40. The van der Waals surface area contributed by atoms with Crippen LogP contribution in [0, 0.1) is 13.8 Å². The maximum atomic E-state index is 12.1. The van der Waals surface area contributed by atoms with Crippen molar-refractivity contribution in [2.45, 2.75) is 20.5 Å². The van der Waals surface area contributed by atoms with Crippen LogP contribution in [-0.2, 0) is 11.3 Å². The Kier molecular flexibility index (Phi) is 4.04. The molecule has 122 valence electrons. The Bertz CT molecular complexity index is 992. The number of aromatic nitrogens is 2. The van der Waals surface area contributed by atoms with Gasteiger partial charge in [0, 0.05) is 12.3 Å². The van der Waals surface area contributed by atoms with Gasteiger partial charge in [0.15, 0.2) is 0 Å². The number of pyridine rings is 1. The van der Waals surface area contributed by atoms with Crippen LogP contribution in [0.15, 0.2) is 47.4 Å². The molecule has 0 bridgehead atoms. The molecule has 0 saturated carbocycles. The van der Waals surface area contributed by atoms with Gasteiger partial charge in [0.1, 0.15) is 18.0 Å². The molecule has 0 saturated heterocycles. The highest BCUT2D eigenvalue weighted by Crippen LogP contribution is 2.18. The van der Waals surface area contributed by atoms with E-state index >= 15 is 0 Å². The van der Waals surface area contributed by atoms with Crippen LogP contribution in [0.4, 0.5) is 0 Å². The third-order valence-corrected chi connectivity index (χ3v) is 3.67. The van der Waals surface area contributed by atoms with Crippen LogP contribution < -0.4 is 5.56 Å². The minimum Gasteiger partial charge on any atom is -0.508 e. The highest BCUT2D eigenvalue weighted by Gasteiger charge is 2.11. The number of hydrogen-bond donors (Lipinski definition) is 1. The number of aromatic hydroxyl groups is 1. The number of esters is 1. The second-order valence-corrected chi connectivity index (χ2v) is 5.60. The lowest BCUT2D eigenvalue weighted by Crippen LogP contribution is -2.16. The number of carbonyl (C=O) groups is 1. The quantitative estimate of drug-likeness (QED) is 0.748. The van der Waals surface area contributed by atoms with Crippen LogP contribution in [0.5, 0.6) is 5.75 Å². The molecule has 0 spiro atoms. The molecule has 0 aliphatic rings. The Morgan fingerprint density at radius 3 is 2.75 bits per heavy atom. The highest BCUT2D eigenvalue weighted by molar-refractivity contribution is 5.90. The first-order chi connectivity index (χ1) is 11.4. The monoisotopic (exact) mass is 324 g/mol. The molecule has 0 fully saturated rings. The largest absolute Gasteiger partial charge is 0.508 e. The van der Waals surface area contributed by atoms with E-state index in [1.807, 2.05) is 13.0 Å². The number of nitrogens with zero attached hydrogens (tertiary/aromatic N) is 2. The van der Waals surface area contributed by atoms with Gasteiger partial charge in [-0.25, -0.2) is 9.78 Å². The van der Waals surface area contributed by atoms with Crippen molar-refractivity contribution in [1.29, 1.82) is 0 Å². The zero-order valence-electron chi connectivity index (χ0n) is 13.3. The molecule has 0 amide bonds. The van der Waals surface area contributed by atoms with Gasteiger partial charge in [-0.05, 0) is 49.2 Å². The van der Waals surface area contributed by atoms with Crippen molar-refractivity contribution in [1.82, 2.24) is 9.38 Å². The summed E-state index contributed by atoms with van der Waals surface area (Å²) in [5.74, 6) is -0.557. The summed E-state index contributed by atoms with van der Waals surface area (Å²) < 4.78 is 6.61. The van der Waals surface area contributed by atoms with Gasteiger partial charge in [0.05, 0.1) is 11.3 Å². The van der Waals surface area contributed by atoms with E-state index in [4.69, 9.17) is 4.74 Å². The number of carbonyl (C=O) groups excluding carboxylic acids is 1. The van der Waals surface area contributed by atoms with Crippen LogP contribution in [0.3, 0.4) is 0 Å². The summed E-state index contributed by atoms with van der Waals surface area (Å²) in [5.41, 5.74) is 2.53. The van der Waals surface area contributed by atoms with Crippen LogP contribution in [-0.4, -0.2) is 20.5 Å². The molecule has 6 heteroatoms. The number of fused-ring (bicyclic) bond motifs is 1. The molecule has 6 nitrogen and oxygen atoms in total. The number of aryl methyl sites for hydroxylation is 2. The SMILES string of the molecule is Cc1ccn2c(=O)cc(COC(=O)c3ccc(C)c(O)c3)nc2c1. The van der Waals surface area contributed by atoms with E-state index in [-0.39, 0.29) is 23.5 Å². The van der Waals surface area contributed by atoms with Gasteiger partial charge >= 0.3 is 5.97 Å². The number of phenols is 1. The molecule has 0 aliphatic heterocycles. The fourth-order valence-corrected chi connectivity index (χ4v) is 2.29. The van der Waals surface area contributed by atoms with Crippen molar-refractivity contribution in [3.63, 3.8) is 0 Å². The lowest BCUT2D eigenvalue weighted by molar-refractivity contribution is 0.0467. The number of ether oxygens (including phenoxy) is 1. The minimum absolute atomic E-state index is 0.0296. The molecule has 3 aromatic rings. The average molecular weight is 324 g/mol. The van der Waals surface area contributed by atoms with Crippen LogP contribution in [0.1, 0.15) is 27.2 Å². The second-order valence-electron chi connectivity index (χ2n) is 5.60. The average Bonchev–Trinajstić information content (AvgIpc) is 2.54. The Morgan fingerprint density at radius 2 is 2.00 bits per heavy atom. The van der Waals surface area contributed by atoms with Gasteiger partial charge in [0.25, 0.3) is 5.56 Å². The molecule has 1 aromatic carbocycles. The van der Waals surface area contributed by atoms with Crippen LogP contribution in [0.25, 0.3) is 5.65 Å². The summed E-state index contributed by atoms with van der Waals surface area (Å²) in [5, 5.41) is 9.65. The molecular weight excluding hydrogens is 308 g/mol. The van der Waals surface area contributed by atoms with E-state index in [0.29, 0.717) is 16.9 Å². The Labute approximate surface area is 138 Å². The molecule has 2 heterocycles. The Balaban J connectivity index is 1.81. The molecule has 3 rings (SSSR count). The van der Waals surface area contributed by atoms with E-state index in [1.165, 1.54) is 16.5 Å². The van der Waals surface area contributed by atoms with E-state index < -0.39 is 5.97 Å². The van der Waals surface area contributed by atoms with Crippen LogP contribution in [0.2, 0.25) is 0 Å². The van der Waals surface area contributed by atoms with Crippen LogP contribution >= 0.6 is 0 Å². The summed E-state index contributed by atoms with van der Waals surface area (Å²) in [6, 6.07) is 9.50. The first-order valence-electron chi connectivity index (χ1n) is 7.40. The van der Waals surface area contributed by atoms with E-state index in [9.17, 15) is 14.7 Å². The highest BCUT2D eigenvalue weighted by atomic mass is 16.5. The number of phenolic OH excluding ortho intramolecular Hbond substituents is 1. The summed E-state index contributed by atoms with van der Waals surface area (Å²) in [7, 11) is 0. The van der Waals surface area contributed by atoms with E-state index in [2.05, 4.69) is 4.98 Å². The lowest BCUT2D eigenvalue weighted by Gasteiger charge is -2.07. The van der Waals surface area contributed by atoms with Crippen molar-refractivity contribution in [2.75, 3.05) is 0 Å². The summed E-state index contributed by atoms with van der Waals surface area (Å²) in [6.07, 6.45) is 1.66. The molecule has 0 aliphatic carbocycles. The maximum Gasteiger partial charge on any atom is 0.338 e. The molecular formula is C18H16N2O4. The smallest absolute Gasteiger partial charge is 0.338 e. The molecule has 2 aromatic heterocycles. The molecule has 24 heavy (non-hydrogen) atoms. The molecule has 1 N–H and O–H groups in total. The van der Waals surface area contributed by atoms with Crippen molar-refractivity contribution < 1.29 is 14.6 Å². The molecule has 0 radical (unpaired) electrons. The van der Waals surface area contributed by atoms with Gasteiger partial charge in [-0.15, -0.1) is 0 Å². The summed E-state index contributed by atoms with van der Waals surface area (Å²) in [4.78, 5) is 28.4. The molecule has 0 atom stereocenters. The predicted molar refractivity (Wildman–Crippen MR) is 88.2 cm³/mol. The van der Waals surface area contributed by atoms with Gasteiger partial charge in [0.2, 0.25) is 0 Å². The number of hydrogen-bond acceptors (Lipinski definition) is 5. The normalized spacial score (nSPS) is 10.8. The first kappa shape index (κ1) is 15.7. The lowest BCUT2D eigenvalue weighted by atomic mass is 10.1. The van der Waals surface area contributed by atoms with Crippen molar-refractivity contribution >= 4 is 11.6 Å². The standard InChI is InChI=1S/C18H16N2O4/c1-11-5-6-20-16(7-11)19-14(9-17(20)22)10-24-18(23)13-4-3-12(2)15(21)8-13/h3-9,21H,10H2,1-2H3. The third-order valence-electron chi connectivity index (χ3n) is 3.67. The van der Waals surface area contributed by atoms with Gasteiger partial charge < -0.3 is 9.84 Å². The Morgan fingerprint density at radius 1 is 1.21 bits per heavy atom. The summed E-state index contributed by atoms with van der Waals surface area (Å²) >= 11 is 0. The minimum atomic E-state index is -0.587. The predicted octanol–water partition coefficient (Wildman–Crippen LogP) is 2.37. The number of rotatable bonds is 3. The fraction of sp³-hybridized carbons (Fsp3) is 0.167. The third kappa shape index (κ3) is 3.12. The van der Waals surface area contributed by atoms with Crippen molar-refractivity contribution in [2.24, 2.45) is 0 Å². The van der Waals surface area contributed by atoms with Crippen molar-refractivity contribution in [3.8, 4) is 5.75 Å². The zero-order valence-corrected chi connectivity index (χ0v) is 13.3. The second kappa shape index (κ2) is 6.16.